The van der Waals surface area contributed by atoms with Gasteiger partial charge in [-0.25, -0.2) is 4.98 Å². The smallest absolute Gasteiger partial charge is 0.257 e. The van der Waals surface area contributed by atoms with Crippen LogP contribution < -0.4 is 14.8 Å². The SMILES string of the molecule is CCOc1cc(C=O)ccc1OCC(=O)NCCc1nc2ccccc2[nH]1. The fourth-order valence-corrected chi connectivity index (χ4v) is 2.62. The highest BCUT2D eigenvalue weighted by molar-refractivity contribution is 5.78. The fraction of sp³-hybridized carbons (Fsp3) is 0.250. The van der Waals surface area contributed by atoms with Gasteiger partial charge in [0.2, 0.25) is 0 Å². The first-order chi connectivity index (χ1) is 13.2. The van der Waals surface area contributed by atoms with E-state index in [0.29, 0.717) is 36.6 Å². The van der Waals surface area contributed by atoms with E-state index in [0.717, 1.165) is 23.1 Å². The van der Waals surface area contributed by atoms with Crippen LogP contribution in [0.3, 0.4) is 0 Å². The Morgan fingerprint density at radius 1 is 1.19 bits per heavy atom. The Hall–Kier alpha value is -3.35. The lowest BCUT2D eigenvalue weighted by molar-refractivity contribution is -0.123. The predicted molar refractivity (Wildman–Crippen MR) is 101 cm³/mol. The molecule has 7 heteroatoms. The predicted octanol–water partition coefficient (Wildman–Crippen LogP) is 2.51. The summed E-state index contributed by atoms with van der Waals surface area (Å²) in [5.74, 6) is 1.44. The van der Waals surface area contributed by atoms with Gasteiger partial charge in [0.25, 0.3) is 5.91 Å². The number of para-hydroxylation sites is 2. The van der Waals surface area contributed by atoms with E-state index in [2.05, 4.69) is 15.3 Å². The maximum atomic E-state index is 12.0. The Kier molecular flexibility index (Phi) is 6.04. The van der Waals surface area contributed by atoms with Crippen molar-refractivity contribution in [2.75, 3.05) is 19.8 Å². The third-order valence-electron chi connectivity index (χ3n) is 3.88. The van der Waals surface area contributed by atoms with Crippen LogP contribution in [0.25, 0.3) is 11.0 Å². The zero-order chi connectivity index (χ0) is 19.1. The summed E-state index contributed by atoms with van der Waals surface area (Å²) in [4.78, 5) is 30.6. The van der Waals surface area contributed by atoms with Crippen LogP contribution in [0.4, 0.5) is 0 Å². The summed E-state index contributed by atoms with van der Waals surface area (Å²) < 4.78 is 11.0. The van der Waals surface area contributed by atoms with Crippen LogP contribution in [-0.2, 0) is 11.2 Å². The molecule has 0 radical (unpaired) electrons. The number of benzene rings is 2. The van der Waals surface area contributed by atoms with Gasteiger partial charge >= 0.3 is 0 Å². The highest BCUT2D eigenvalue weighted by Crippen LogP contribution is 2.27. The quantitative estimate of drug-likeness (QED) is 0.567. The molecule has 0 atom stereocenters. The Morgan fingerprint density at radius 3 is 2.81 bits per heavy atom. The molecule has 7 nitrogen and oxygen atoms in total. The van der Waals surface area contributed by atoms with E-state index in [1.807, 2.05) is 31.2 Å². The van der Waals surface area contributed by atoms with Crippen LogP contribution in [0.1, 0.15) is 23.1 Å². The number of fused-ring (bicyclic) bond motifs is 1. The van der Waals surface area contributed by atoms with Crippen LogP contribution in [-0.4, -0.2) is 41.9 Å². The summed E-state index contributed by atoms with van der Waals surface area (Å²) in [6.45, 7) is 2.58. The summed E-state index contributed by atoms with van der Waals surface area (Å²) in [5, 5.41) is 2.80. The number of carbonyl (C=O) groups is 2. The lowest BCUT2D eigenvalue weighted by Crippen LogP contribution is -2.30. The Morgan fingerprint density at radius 2 is 2.04 bits per heavy atom. The minimum Gasteiger partial charge on any atom is -0.490 e. The lowest BCUT2D eigenvalue weighted by atomic mass is 10.2. The third-order valence-corrected chi connectivity index (χ3v) is 3.88. The summed E-state index contributed by atoms with van der Waals surface area (Å²) in [6, 6.07) is 12.6. The Balaban J connectivity index is 1.48. The van der Waals surface area contributed by atoms with Crippen molar-refractivity contribution in [2.45, 2.75) is 13.3 Å². The van der Waals surface area contributed by atoms with E-state index in [9.17, 15) is 9.59 Å². The first-order valence-corrected chi connectivity index (χ1v) is 8.74. The van der Waals surface area contributed by atoms with Crippen LogP contribution in [0.5, 0.6) is 11.5 Å². The van der Waals surface area contributed by atoms with Crippen molar-refractivity contribution in [1.82, 2.24) is 15.3 Å². The van der Waals surface area contributed by atoms with Gasteiger partial charge in [-0.2, -0.15) is 0 Å². The maximum Gasteiger partial charge on any atom is 0.257 e. The first-order valence-electron chi connectivity index (χ1n) is 8.74. The highest BCUT2D eigenvalue weighted by atomic mass is 16.5. The van der Waals surface area contributed by atoms with E-state index in [4.69, 9.17) is 9.47 Å². The number of amides is 1. The summed E-state index contributed by atoms with van der Waals surface area (Å²) in [5.41, 5.74) is 2.37. The van der Waals surface area contributed by atoms with Crippen LogP contribution in [0.15, 0.2) is 42.5 Å². The van der Waals surface area contributed by atoms with Crippen molar-refractivity contribution in [1.29, 1.82) is 0 Å². The third kappa shape index (κ3) is 4.84. The lowest BCUT2D eigenvalue weighted by Gasteiger charge is -2.12. The molecule has 1 aromatic heterocycles. The number of ether oxygens (including phenoxy) is 2. The van der Waals surface area contributed by atoms with E-state index in [1.54, 1.807) is 18.2 Å². The number of rotatable bonds is 9. The molecule has 2 aromatic carbocycles. The van der Waals surface area contributed by atoms with Crippen molar-refractivity contribution < 1.29 is 19.1 Å². The molecule has 27 heavy (non-hydrogen) atoms. The van der Waals surface area contributed by atoms with E-state index < -0.39 is 0 Å². The molecule has 0 spiro atoms. The van der Waals surface area contributed by atoms with Gasteiger partial charge < -0.3 is 19.8 Å². The number of aromatic nitrogens is 2. The molecular weight excluding hydrogens is 346 g/mol. The van der Waals surface area contributed by atoms with Gasteiger partial charge in [0.1, 0.15) is 12.1 Å². The minimum atomic E-state index is -0.243. The monoisotopic (exact) mass is 367 g/mol. The molecule has 0 fully saturated rings. The molecule has 3 rings (SSSR count). The summed E-state index contributed by atoms with van der Waals surface area (Å²) >= 11 is 0. The molecule has 0 aliphatic heterocycles. The molecule has 1 amide bonds. The molecule has 1 heterocycles. The van der Waals surface area contributed by atoms with Gasteiger partial charge in [0.15, 0.2) is 18.1 Å². The molecule has 0 saturated carbocycles. The summed E-state index contributed by atoms with van der Waals surface area (Å²) in [7, 11) is 0. The summed E-state index contributed by atoms with van der Waals surface area (Å²) in [6.07, 6.45) is 1.33. The normalized spacial score (nSPS) is 10.6. The van der Waals surface area contributed by atoms with Crippen LogP contribution in [0, 0.1) is 0 Å². The second-order valence-corrected chi connectivity index (χ2v) is 5.85. The largest absolute Gasteiger partial charge is 0.490 e. The molecule has 140 valence electrons. The number of aldehydes is 1. The van der Waals surface area contributed by atoms with Crippen molar-refractivity contribution in [3.05, 3.63) is 53.9 Å². The van der Waals surface area contributed by atoms with Gasteiger partial charge in [-0.3, -0.25) is 9.59 Å². The number of H-pyrrole nitrogens is 1. The maximum absolute atomic E-state index is 12.0. The number of aromatic amines is 1. The fourth-order valence-electron chi connectivity index (χ4n) is 2.62. The number of nitrogens with one attached hydrogen (secondary N) is 2. The average molecular weight is 367 g/mol. The average Bonchev–Trinajstić information content (AvgIpc) is 3.10. The van der Waals surface area contributed by atoms with Gasteiger partial charge in [-0.15, -0.1) is 0 Å². The topological polar surface area (TPSA) is 93.3 Å². The number of hydrogen-bond acceptors (Lipinski definition) is 5. The number of nitrogens with zero attached hydrogens (tertiary/aromatic N) is 1. The zero-order valence-electron chi connectivity index (χ0n) is 15.0. The number of carbonyl (C=O) groups excluding carboxylic acids is 2. The van der Waals surface area contributed by atoms with Gasteiger partial charge in [0, 0.05) is 18.5 Å². The molecular formula is C20H21N3O4. The molecule has 0 unspecified atom stereocenters. The highest BCUT2D eigenvalue weighted by Gasteiger charge is 2.09. The molecule has 0 aliphatic carbocycles. The number of imidazole rings is 1. The van der Waals surface area contributed by atoms with Crippen LogP contribution in [0.2, 0.25) is 0 Å². The van der Waals surface area contributed by atoms with Crippen molar-refractivity contribution in [3.63, 3.8) is 0 Å². The molecule has 2 N–H and O–H groups in total. The van der Waals surface area contributed by atoms with Crippen molar-refractivity contribution in [3.8, 4) is 11.5 Å². The number of hydrogen-bond donors (Lipinski definition) is 2. The minimum absolute atomic E-state index is 0.138. The van der Waals surface area contributed by atoms with Crippen LogP contribution >= 0.6 is 0 Å². The van der Waals surface area contributed by atoms with Gasteiger partial charge in [-0.05, 0) is 37.3 Å². The van der Waals surface area contributed by atoms with Crippen molar-refractivity contribution >= 4 is 23.2 Å². The Bertz CT molecular complexity index is 903. The molecule has 0 aliphatic rings. The van der Waals surface area contributed by atoms with E-state index in [-0.39, 0.29) is 12.5 Å². The molecule has 0 saturated heterocycles. The van der Waals surface area contributed by atoms with E-state index in [1.165, 1.54) is 0 Å². The van der Waals surface area contributed by atoms with Crippen molar-refractivity contribution in [2.24, 2.45) is 0 Å². The molecule has 3 aromatic rings. The second kappa shape index (κ2) is 8.84. The molecule has 0 bridgehead atoms. The van der Waals surface area contributed by atoms with Gasteiger partial charge in [0.05, 0.1) is 17.6 Å². The first kappa shape index (κ1) is 18.4. The Labute approximate surface area is 156 Å². The van der Waals surface area contributed by atoms with E-state index >= 15 is 0 Å². The second-order valence-electron chi connectivity index (χ2n) is 5.85. The standard InChI is InChI=1S/C20H21N3O4/c1-2-26-18-11-14(12-24)7-8-17(18)27-13-20(25)21-10-9-19-22-15-5-3-4-6-16(15)23-19/h3-8,11-12H,2,9-10,13H2,1H3,(H,21,25)(H,22,23). The zero-order valence-corrected chi connectivity index (χ0v) is 15.0. The van der Waals surface area contributed by atoms with Gasteiger partial charge in [-0.1, -0.05) is 12.1 Å².